The second-order valence-electron chi connectivity index (χ2n) is 2.52. The summed E-state index contributed by atoms with van der Waals surface area (Å²) >= 11 is 0. The molecular formula is C9H18O. The third-order valence-corrected chi connectivity index (χ3v) is 1.65. The summed E-state index contributed by atoms with van der Waals surface area (Å²) in [6.45, 7) is 4.49. The third-order valence-electron chi connectivity index (χ3n) is 1.65. The van der Waals surface area contributed by atoms with Crippen LogP contribution in [-0.4, -0.2) is 11.7 Å². The fourth-order valence-corrected chi connectivity index (χ4v) is 0.831. The van der Waals surface area contributed by atoms with E-state index in [1.165, 1.54) is 18.4 Å². The van der Waals surface area contributed by atoms with Gasteiger partial charge in [0.25, 0.3) is 0 Å². The molecule has 0 aromatic rings. The molecule has 0 rings (SSSR count). The lowest BCUT2D eigenvalue weighted by molar-refractivity contribution is 0.327. The van der Waals surface area contributed by atoms with Crippen molar-refractivity contribution in [2.45, 2.75) is 39.5 Å². The fourth-order valence-electron chi connectivity index (χ4n) is 0.831. The molecule has 0 bridgehead atoms. The lowest BCUT2D eigenvalue weighted by Crippen LogP contribution is -1.87. The molecule has 0 aliphatic rings. The van der Waals surface area contributed by atoms with E-state index < -0.39 is 0 Å². The Morgan fingerprint density at radius 1 is 1.40 bits per heavy atom. The van der Waals surface area contributed by atoms with Crippen molar-refractivity contribution in [3.63, 3.8) is 0 Å². The molecule has 0 spiro atoms. The predicted molar refractivity (Wildman–Crippen MR) is 45.0 cm³/mol. The van der Waals surface area contributed by atoms with E-state index in [4.69, 9.17) is 5.11 Å². The Balaban J connectivity index is 3.43. The maximum absolute atomic E-state index is 8.76. The topological polar surface area (TPSA) is 20.2 Å². The largest absolute Gasteiger partial charge is 0.392 e. The van der Waals surface area contributed by atoms with Gasteiger partial charge in [0, 0.05) is 0 Å². The van der Waals surface area contributed by atoms with E-state index in [2.05, 4.69) is 19.9 Å². The van der Waals surface area contributed by atoms with E-state index in [0.717, 1.165) is 12.8 Å². The Morgan fingerprint density at radius 3 is 2.50 bits per heavy atom. The highest BCUT2D eigenvalue weighted by Gasteiger charge is 1.88. The molecule has 0 heterocycles. The highest BCUT2D eigenvalue weighted by Crippen LogP contribution is 2.03. The van der Waals surface area contributed by atoms with Crippen LogP contribution in [0.1, 0.15) is 39.5 Å². The summed E-state index contributed by atoms with van der Waals surface area (Å²) in [6, 6.07) is 0. The minimum atomic E-state index is 0.236. The first kappa shape index (κ1) is 9.70. The smallest absolute Gasteiger partial charge is 0.0641 e. The Kier molecular flexibility index (Phi) is 6.61. The van der Waals surface area contributed by atoms with Gasteiger partial charge in [-0.3, -0.25) is 0 Å². The summed E-state index contributed by atoms with van der Waals surface area (Å²) in [6.07, 6.45) is 6.74. The first-order valence-electron chi connectivity index (χ1n) is 4.13. The van der Waals surface area contributed by atoms with Gasteiger partial charge in [0.05, 0.1) is 6.61 Å². The predicted octanol–water partition coefficient (Wildman–Crippen LogP) is 2.51. The molecule has 0 aromatic carbocycles. The first-order valence-corrected chi connectivity index (χ1v) is 4.13. The Labute approximate surface area is 63.8 Å². The molecule has 0 saturated carbocycles. The molecule has 60 valence electrons. The summed E-state index contributed by atoms with van der Waals surface area (Å²) in [7, 11) is 0. The van der Waals surface area contributed by atoms with E-state index in [9.17, 15) is 0 Å². The van der Waals surface area contributed by atoms with Crippen molar-refractivity contribution < 1.29 is 5.11 Å². The second kappa shape index (κ2) is 6.81. The molecule has 1 heteroatoms. The molecule has 1 nitrogen and oxygen atoms in total. The minimum absolute atomic E-state index is 0.236. The number of hydrogen-bond acceptors (Lipinski definition) is 1. The summed E-state index contributed by atoms with van der Waals surface area (Å²) in [4.78, 5) is 0. The zero-order valence-corrected chi connectivity index (χ0v) is 7.06. The van der Waals surface area contributed by atoms with Crippen molar-refractivity contribution in [2.24, 2.45) is 0 Å². The van der Waals surface area contributed by atoms with Gasteiger partial charge in [-0.25, -0.2) is 0 Å². The average molecular weight is 142 g/mol. The molecule has 0 unspecified atom stereocenters. The van der Waals surface area contributed by atoms with Crippen LogP contribution < -0.4 is 0 Å². The lowest BCUT2D eigenvalue weighted by Gasteiger charge is -1.97. The molecule has 0 aliphatic heterocycles. The SMILES string of the molecule is CCCC/C=C(\CC)CO. The molecule has 0 saturated heterocycles. The van der Waals surface area contributed by atoms with Crippen LogP contribution in [0.4, 0.5) is 0 Å². The number of allylic oxidation sites excluding steroid dienone is 1. The van der Waals surface area contributed by atoms with Gasteiger partial charge in [0.15, 0.2) is 0 Å². The van der Waals surface area contributed by atoms with Gasteiger partial charge in [-0.1, -0.05) is 32.8 Å². The monoisotopic (exact) mass is 142 g/mol. The molecule has 10 heavy (non-hydrogen) atoms. The Morgan fingerprint density at radius 2 is 2.10 bits per heavy atom. The molecule has 0 fully saturated rings. The Hall–Kier alpha value is -0.300. The van der Waals surface area contributed by atoms with Gasteiger partial charge in [-0.15, -0.1) is 0 Å². The van der Waals surface area contributed by atoms with Gasteiger partial charge in [-0.2, -0.15) is 0 Å². The maximum atomic E-state index is 8.76. The van der Waals surface area contributed by atoms with Crippen LogP contribution in [-0.2, 0) is 0 Å². The number of aliphatic hydroxyl groups is 1. The quantitative estimate of drug-likeness (QED) is 0.462. The van der Waals surface area contributed by atoms with E-state index in [-0.39, 0.29) is 6.61 Å². The van der Waals surface area contributed by atoms with Crippen molar-refractivity contribution >= 4 is 0 Å². The molecule has 0 aliphatic carbocycles. The molecular weight excluding hydrogens is 124 g/mol. The van der Waals surface area contributed by atoms with Gasteiger partial charge < -0.3 is 5.11 Å². The molecule has 0 atom stereocenters. The Bertz CT molecular complexity index is 88.9. The van der Waals surface area contributed by atoms with E-state index in [0.29, 0.717) is 0 Å². The van der Waals surface area contributed by atoms with Gasteiger partial charge in [-0.05, 0) is 18.4 Å². The molecule has 0 amide bonds. The summed E-state index contributed by atoms with van der Waals surface area (Å²) in [5.74, 6) is 0. The third kappa shape index (κ3) is 4.57. The van der Waals surface area contributed by atoms with Crippen LogP contribution in [0, 0.1) is 0 Å². The maximum Gasteiger partial charge on any atom is 0.0641 e. The first-order chi connectivity index (χ1) is 4.85. The minimum Gasteiger partial charge on any atom is -0.392 e. The van der Waals surface area contributed by atoms with Crippen LogP contribution in [0.5, 0.6) is 0 Å². The standard InChI is InChI=1S/C9H18O/c1-3-5-6-7-9(4-2)8-10/h7,10H,3-6,8H2,1-2H3/b9-7+. The lowest BCUT2D eigenvalue weighted by atomic mass is 10.1. The molecule has 1 N–H and O–H groups in total. The van der Waals surface area contributed by atoms with Crippen molar-refractivity contribution in [2.75, 3.05) is 6.61 Å². The summed E-state index contributed by atoms with van der Waals surface area (Å²) in [5, 5.41) is 8.76. The summed E-state index contributed by atoms with van der Waals surface area (Å²) in [5.41, 5.74) is 1.17. The highest BCUT2D eigenvalue weighted by molar-refractivity contribution is 5.00. The van der Waals surface area contributed by atoms with Crippen molar-refractivity contribution in [1.29, 1.82) is 0 Å². The fraction of sp³-hybridized carbons (Fsp3) is 0.778. The number of unbranched alkanes of at least 4 members (excludes halogenated alkanes) is 2. The zero-order valence-electron chi connectivity index (χ0n) is 7.06. The van der Waals surface area contributed by atoms with Crippen molar-refractivity contribution in [3.8, 4) is 0 Å². The van der Waals surface area contributed by atoms with Crippen LogP contribution >= 0.6 is 0 Å². The summed E-state index contributed by atoms with van der Waals surface area (Å²) < 4.78 is 0. The number of rotatable bonds is 5. The number of hydrogen-bond donors (Lipinski definition) is 1. The zero-order chi connectivity index (χ0) is 7.82. The normalized spacial score (nSPS) is 12.1. The molecule has 0 radical (unpaired) electrons. The number of aliphatic hydroxyl groups excluding tert-OH is 1. The van der Waals surface area contributed by atoms with Gasteiger partial charge >= 0.3 is 0 Å². The van der Waals surface area contributed by atoms with Crippen molar-refractivity contribution in [3.05, 3.63) is 11.6 Å². The van der Waals surface area contributed by atoms with E-state index in [1.807, 2.05) is 0 Å². The van der Waals surface area contributed by atoms with Crippen LogP contribution in [0.2, 0.25) is 0 Å². The second-order valence-corrected chi connectivity index (χ2v) is 2.52. The molecule has 0 aromatic heterocycles. The van der Waals surface area contributed by atoms with Crippen LogP contribution in [0.25, 0.3) is 0 Å². The van der Waals surface area contributed by atoms with Crippen LogP contribution in [0.3, 0.4) is 0 Å². The highest BCUT2D eigenvalue weighted by atomic mass is 16.3. The van der Waals surface area contributed by atoms with Crippen LogP contribution in [0.15, 0.2) is 11.6 Å². The van der Waals surface area contributed by atoms with E-state index >= 15 is 0 Å². The van der Waals surface area contributed by atoms with E-state index in [1.54, 1.807) is 0 Å². The van der Waals surface area contributed by atoms with Crippen molar-refractivity contribution in [1.82, 2.24) is 0 Å². The average Bonchev–Trinajstić information content (AvgIpc) is 1.99. The van der Waals surface area contributed by atoms with Gasteiger partial charge in [0.2, 0.25) is 0 Å². The van der Waals surface area contributed by atoms with Gasteiger partial charge in [0.1, 0.15) is 0 Å².